The zero-order chi connectivity index (χ0) is 12.7. The number of likely N-dealkylation sites (tertiary alicyclic amines) is 1. The molecule has 0 aromatic heterocycles. The lowest BCUT2D eigenvalue weighted by atomic mass is 10.0. The summed E-state index contributed by atoms with van der Waals surface area (Å²) in [6.45, 7) is 3.13. The van der Waals surface area contributed by atoms with Crippen molar-refractivity contribution in [2.24, 2.45) is 5.92 Å². The second kappa shape index (κ2) is 4.67. The van der Waals surface area contributed by atoms with Gasteiger partial charge < -0.3 is 0 Å². The van der Waals surface area contributed by atoms with E-state index in [0.29, 0.717) is 11.1 Å². The van der Waals surface area contributed by atoms with Crippen LogP contribution >= 0.6 is 11.6 Å². The monoisotopic (exact) mass is 263 g/mol. The van der Waals surface area contributed by atoms with Crippen molar-refractivity contribution in [2.75, 3.05) is 6.54 Å². The average Bonchev–Trinajstić information content (AvgIpc) is 2.99. The fourth-order valence-corrected chi connectivity index (χ4v) is 3.66. The summed E-state index contributed by atoms with van der Waals surface area (Å²) in [5.41, 5.74) is 0.734. The van der Waals surface area contributed by atoms with Gasteiger partial charge in [-0.05, 0) is 44.2 Å². The number of halogens is 1. The maximum atomic E-state index is 12.5. The minimum Gasteiger partial charge on any atom is -0.292 e. The average molecular weight is 264 g/mol. The van der Waals surface area contributed by atoms with Crippen LogP contribution < -0.4 is 0 Å². The number of carbonyl (C=O) groups excluding carboxylic acids is 1. The van der Waals surface area contributed by atoms with Crippen molar-refractivity contribution in [3.8, 4) is 0 Å². The van der Waals surface area contributed by atoms with Crippen LogP contribution in [0.2, 0.25) is 5.02 Å². The Hall–Kier alpha value is -0.860. The first-order valence-electron chi connectivity index (χ1n) is 6.70. The number of hydrogen-bond donors (Lipinski definition) is 0. The molecule has 2 fully saturated rings. The lowest BCUT2D eigenvalue weighted by Crippen LogP contribution is -2.43. The zero-order valence-corrected chi connectivity index (χ0v) is 11.4. The SMILES string of the molecule is CC(C(=O)c1cccc(Cl)c1)N1CC2CCC1C2. The van der Waals surface area contributed by atoms with Gasteiger partial charge in [-0.3, -0.25) is 9.69 Å². The molecule has 1 saturated carbocycles. The van der Waals surface area contributed by atoms with Gasteiger partial charge in [-0.25, -0.2) is 0 Å². The van der Waals surface area contributed by atoms with Crippen LogP contribution in [0.5, 0.6) is 0 Å². The van der Waals surface area contributed by atoms with E-state index in [1.165, 1.54) is 19.3 Å². The Morgan fingerprint density at radius 1 is 1.44 bits per heavy atom. The number of fused-ring (bicyclic) bond motifs is 2. The van der Waals surface area contributed by atoms with Crippen LogP contribution in [0.4, 0.5) is 0 Å². The van der Waals surface area contributed by atoms with Gasteiger partial charge in [0.25, 0.3) is 0 Å². The molecule has 1 aliphatic carbocycles. The van der Waals surface area contributed by atoms with Crippen molar-refractivity contribution in [1.29, 1.82) is 0 Å². The number of hydrogen-bond acceptors (Lipinski definition) is 2. The van der Waals surface area contributed by atoms with E-state index in [0.717, 1.165) is 18.0 Å². The summed E-state index contributed by atoms with van der Waals surface area (Å²) >= 11 is 5.95. The highest BCUT2D eigenvalue weighted by atomic mass is 35.5. The molecule has 0 spiro atoms. The number of rotatable bonds is 3. The van der Waals surface area contributed by atoms with E-state index in [-0.39, 0.29) is 11.8 Å². The molecule has 1 aromatic rings. The van der Waals surface area contributed by atoms with Crippen molar-refractivity contribution in [1.82, 2.24) is 4.90 Å². The van der Waals surface area contributed by atoms with Crippen molar-refractivity contribution in [2.45, 2.75) is 38.3 Å². The number of nitrogens with zero attached hydrogens (tertiary/aromatic N) is 1. The van der Waals surface area contributed by atoms with E-state index in [1.807, 2.05) is 19.1 Å². The Balaban J connectivity index is 1.76. The fourth-order valence-electron chi connectivity index (χ4n) is 3.47. The van der Waals surface area contributed by atoms with E-state index in [9.17, 15) is 4.79 Å². The lowest BCUT2D eigenvalue weighted by molar-refractivity contribution is 0.0787. The van der Waals surface area contributed by atoms with Crippen molar-refractivity contribution in [3.63, 3.8) is 0 Å². The van der Waals surface area contributed by atoms with Gasteiger partial charge in [0.1, 0.15) is 0 Å². The molecule has 1 heterocycles. The number of carbonyl (C=O) groups is 1. The van der Waals surface area contributed by atoms with Crippen LogP contribution in [0.3, 0.4) is 0 Å². The highest BCUT2D eigenvalue weighted by molar-refractivity contribution is 6.31. The number of Topliss-reactive ketones (excluding diaryl/α,β-unsaturated/α-hetero) is 1. The molecule has 1 saturated heterocycles. The van der Waals surface area contributed by atoms with Gasteiger partial charge in [0, 0.05) is 23.2 Å². The fraction of sp³-hybridized carbons (Fsp3) is 0.533. The van der Waals surface area contributed by atoms with E-state index < -0.39 is 0 Å². The molecule has 3 heteroatoms. The largest absolute Gasteiger partial charge is 0.292 e. The normalized spacial score (nSPS) is 28.6. The molecule has 0 N–H and O–H groups in total. The number of piperidine rings is 1. The molecule has 2 aliphatic rings. The maximum Gasteiger partial charge on any atom is 0.179 e. The molecule has 3 unspecified atom stereocenters. The topological polar surface area (TPSA) is 20.3 Å². The molecule has 3 atom stereocenters. The minimum atomic E-state index is -0.0150. The van der Waals surface area contributed by atoms with E-state index in [4.69, 9.17) is 11.6 Å². The number of benzene rings is 1. The molecule has 2 nitrogen and oxygen atoms in total. The summed E-state index contributed by atoms with van der Waals surface area (Å²) < 4.78 is 0. The molecular weight excluding hydrogens is 246 g/mol. The maximum absolute atomic E-state index is 12.5. The van der Waals surface area contributed by atoms with Gasteiger partial charge in [0.2, 0.25) is 0 Å². The third-order valence-corrected chi connectivity index (χ3v) is 4.67. The Morgan fingerprint density at radius 3 is 2.89 bits per heavy atom. The summed E-state index contributed by atoms with van der Waals surface area (Å²) in [6, 6.07) is 7.90. The minimum absolute atomic E-state index is 0.0150. The molecule has 1 aliphatic heterocycles. The van der Waals surface area contributed by atoms with Crippen LogP contribution in [0.15, 0.2) is 24.3 Å². The van der Waals surface area contributed by atoms with Gasteiger partial charge >= 0.3 is 0 Å². The van der Waals surface area contributed by atoms with Gasteiger partial charge in [0.05, 0.1) is 6.04 Å². The quantitative estimate of drug-likeness (QED) is 0.779. The summed E-state index contributed by atoms with van der Waals surface area (Å²) in [6.07, 6.45) is 3.89. The van der Waals surface area contributed by atoms with E-state index in [1.54, 1.807) is 12.1 Å². The van der Waals surface area contributed by atoms with E-state index in [2.05, 4.69) is 4.90 Å². The molecule has 0 amide bonds. The van der Waals surface area contributed by atoms with Gasteiger partial charge in [-0.1, -0.05) is 23.7 Å². The first kappa shape index (κ1) is 12.2. The van der Waals surface area contributed by atoms with Crippen molar-refractivity contribution >= 4 is 17.4 Å². The summed E-state index contributed by atoms with van der Waals surface area (Å²) in [4.78, 5) is 14.8. The standard InChI is InChI=1S/C15H18ClNO/c1-10(17-9-11-5-6-14(17)7-11)15(18)12-3-2-4-13(16)8-12/h2-4,8,10-11,14H,5-7,9H2,1H3. The van der Waals surface area contributed by atoms with Gasteiger partial charge in [0.15, 0.2) is 5.78 Å². The van der Waals surface area contributed by atoms with Crippen LogP contribution in [0, 0.1) is 5.92 Å². The Kier molecular flexibility index (Phi) is 3.16. The van der Waals surface area contributed by atoms with Crippen LogP contribution in [0.1, 0.15) is 36.5 Å². The molecule has 3 rings (SSSR count). The Bertz CT molecular complexity index is 473. The van der Waals surface area contributed by atoms with Crippen LogP contribution in [-0.2, 0) is 0 Å². The number of ketones is 1. The molecule has 1 aromatic carbocycles. The Labute approximate surface area is 113 Å². The first-order chi connectivity index (χ1) is 8.65. The highest BCUT2D eigenvalue weighted by Crippen LogP contribution is 2.38. The van der Waals surface area contributed by atoms with Crippen LogP contribution in [-0.4, -0.2) is 29.3 Å². The molecule has 96 valence electrons. The Morgan fingerprint density at radius 2 is 2.28 bits per heavy atom. The summed E-state index contributed by atoms with van der Waals surface area (Å²) in [5, 5.41) is 0.635. The summed E-state index contributed by atoms with van der Waals surface area (Å²) in [5.74, 6) is 1.02. The van der Waals surface area contributed by atoms with Crippen LogP contribution in [0.25, 0.3) is 0 Å². The summed E-state index contributed by atoms with van der Waals surface area (Å²) in [7, 11) is 0. The molecule has 0 radical (unpaired) electrons. The lowest BCUT2D eigenvalue weighted by Gasteiger charge is -2.31. The predicted octanol–water partition coefficient (Wildman–Crippen LogP) is 3.40. The third-order valence-electron chi connectivity index (χ3n) is 4.44. The molecule has 2 bridgehead atoms. The molecular formula is C15H18ClNO. The van der Waals surface area contributed by atoms with Gasteiger partial charge in [-0.2, -0.15) is 0 Å². The van der Waals surface area contributed by atoms with Crippen molar-refractivity contribution < 1.29 is 4.79 Å². The second-order valence-corrected chi connectivity index (χ2v) is 6.02. The van der Waals surface area contributed by atoms with Gasteiger partial charge in [-0.15, -0.1) is 0 Å². The van der Waals surface area contributed by atoms with Crippen molar-refractivity contribution in [3.05, 3.63) is 34.9 Å². The smallest absolute Gasteiger partial charge is 0.179 e. The third kappa shape index (κ3) is 2.08. The predicted molar refractivity (Wildman–Crippen MR) is 73.1 cm³/mol. The van der Waals surface area contributed by atoms with E-state index >= 15 is 0 Å². The second-order valence-electron chi connectivity index (χ2n) is 5.58. The highest BCUT2D eigenvalue weighted by Gasteiger charge is 2.41. The molecule has 18 heavy (non-hydrogen) atoms. The zero-order valence-electron chi connectivity index (χ0n) is 10.6. The first-order valence-corrected chi connectivity index (χ1v) is 7.08.